The van der Waals surface area contributed by atoms with Crippen molar-refractivity contribution in [3.8, 4) is 11.8 Å². The van der Waals surface area contributed by atoms with Gasteiger partial charge < -0.3 is 4.74 Å². The minimum absolute atomic E-state index is 0.207. The number of halogens is 5. The van der Waals surface area contributed by atoms with Crippen LogP contribution >= 0.6 is 15.9 Å². The summed E-state index contributed by atoms with van der Waals surface area (Å²) >= 11 is 2.39. The van der Waals surface area contributed by atoms with Crippen molar-refractivity contribution in [3.63, 3.8) is 0 Å². The Hall–Kier alpha value is -1.29. The molecule has 1 unspecified atom stereocenters. The second-order valence-corrected chi connectivity index (χ2v) is 4.15. The van der Waals surface area contributed by atoms with Gasteiger partial charge in [-0.2, -0.15) is 18.4 Å². The summed E-state index contributed by atoms with van der Waals surface area (Å²) in [7, 11) is 0. The molecular weight excluding hydrogens is 306 g/mol. The summed E-state index contributed by atoms with van der Waals surface area (Å²) < 4.78 is 54.3. The van der Waals surface area contributed by atoms with Gasteiger partial charge in [0, 0.05) is 0 Å². The topological polar surface area (TPSA) is 33.0 Å². The van der Waals surface area contributed by atoms with Crippen LogP contribution in [0, 0.1) is 17.1 Å². The van der Waals surface area contributed by atoms with Crippen LogP contribution in [0.4, 0.5) is 17.6 Å². The lowest BCUT2D eigenvalue weighted by atomic mass is 10.2. The van der Waals surface area contributed by atoms with Gasteiger partial charge in [0.05, 0.1) is 0 Å². The number of nitriles is 1. The zero-order valence-electron chi connectivity index (χ0n) is 8.26. The van der Waals surface area contributed by atoms with Crippen molar-refractivity contribution in [3.05, 3.63) is 29.6 Å². The summed E-state index contributed by atoms with van der Waals surface area (Å²) in [4.78, 5) is -1.87. The predicted molar refractivity (Wildman–Crippen MR) is 55.4 cm³/mol. The van der Waals surface area contributed by atoms with E-state index >= 15 is 0 Å². The lowest BCUT2D eigenvalue weighted by molar-refractivity contribution is -0.132. The highest BCUT2D eigenvalue weighted by atomic mass is 79.9. The average Bonchev–Trinajstić information content (AvgIpc) is 2.24. The molecule has 0 aliphatic carbocycles. The molecule has 2 nitrogen and oxygen atoms in total. The Kier molecular flexibility index (Phi) is 4.34. The minimum atomic E-state index is -4.46. The molecule has 0 aliphatic rings. The number of nitrogens with zero attached hydrogens (tertiary/aromatic N) is 1. The van der Waals surface area contributed by atoms with Gasteiger partial charge in [0.1, 0.15) is 34.6 Å². The summed E-state index contributed by atoms with van der Waals surface area (Å²) in [6.45, 7) is -0.734. The standard InChI is InChI=1S/C10H6BrF4NO/c11-9(10(13,14)15)5-17-8-3-1-2-7(12)6(8)4-16/h1-3,9H,5H2. The maximum Gasteiger partial charge on any atom is 0.404 e. The summed E-state index contributed by atoms with van der Waals surface area (Å²) in [5.74, 6) is -1.04. The van der Waals surface area contributed by atoms with Crippen LogP contribution < -0.4 is 4.74 Å². The number of rotatable bonds is 3. The van der Waals surface area contributed by atoms with Crippen LogP contribution in [0.1, 0.15) is 5.56 Å². The highest BCUT2D eigenvalue weighted by Crippen LogP contribution is 2.28. The van der Waals surface area contributed by atoms with E-state index in [0.717, 1.165) is 6.07 Å². The van der Waals surface area contributed by atoms with Gasteiger partial charge in [-0.1, -0.05) is 22.0 Å². The van der Waals surface area contributed by atoms with Crippen LogP contribution in [0.15, 0.2) is 18.2 Å². The van der Waals surface area contributed by atoms with Gasteiger partial charge in [0.2, 0.25) is 0 Å². The van der Waals surface area contributed by atoms with Crippen LogP contribution in [0.3, 0.4) is 0 Å². The van der Waals surface area contributed by atoms with Gasteiger partial charge in [-0.15, -0.1) is 0 Å². The second-order valence-electron chi connectivity index (χ2n) is 3.04. The van der Waals surface area contributed by atoms with E-state index in [4.69, 9.17) is 10.00 Å². The van der Waals surface area contributed by atoms with E-state index in [1.165, 1.54) is 18.2 Å². The van der Waals surface area contributed by atoms with Crippen molar-refractivity contribution < 1.29 is 22.3 Å². The van der Waals surface area contributed by atoms with Gasteiger partial charge >= 0.3 is 6.18 Å². The summed E-state index contributed by atoms with van der Waals surface area (Å²) in [6.07, 6.45) is -4.46. The Morgan fingerprint density at radius 2 is 2.06 bits per heavy atom. The van der Waals surface area contributed by atoms with E-state index in [-0.39, 0.29) is 5.75 Å². The van der Waals surface area contributed by atoms with E-state index in [0.29, 0.717) is 0 Å². The number of benzene rings is 1. The Bertz CT molecular complexity index is 441. The highest BCUT2D eigenvalue weighted by molar-refractivity contribution is 9.09. The maximum atomic E-state index is 13.1. The van der Waals surface area contributed by atoms with Gasteiger partial charge in [0.15, 0.2) is 0 Å². The fourth-order valence-corrected chi connectivity index (χ4v) is 1.12. The molecule has 0 radical (unpaired) electrons. The zero-order chi connectivity index (χ0) is 13.1. The molecule has 0 spiro atoms. The number of hydrogen-bond donors (Lipinski definition) is 0. The molecule has 0 N–H and O–H groups in total. The Morgan fingerprint density at radius 1 is 1.41 bits per heavy atom. The first-order valence-corrected chi connectivity index (χ1v) is 5.30. The van der Waals surface area contributed by atoms with E-state index in [1.807, 2.05) is 0 Å². The fourth-order valence-electron chi connectivity index (χ4n) is 0.991. The minimum Gasteiger partial charge on any atom is -0.491 e. The molecule has 1 aromatic carbocycles. The largest absolute Gasteiger partial charge is 0.491 e. The van der Waals surface area contributed by atoms with E-state index in [9.17, 15) is 17.6 Å². The van der Waals surface area contributed by atoms with Crippen molar-refractivity contribution in [2.45, 2.75) is 11.0 Å². The monoisotopic (exact) mass is 311 g/mol. The van der Waals surface area contributed by atoms with Gasteiger partial charge in [0.25, 0.3) is 0 Å². The quantitative estimate of drug-likeness (QED) is 0.633. The van der Waals surface area contributed by atoms with Crippen LogP contribution in [0.25, 0.3) is 0 Å². The lowest BCUT2D eigenvalue weighted by Crippen LogP contribution is -2.29. The summed E-state index contributed by atoms with van der Waals surface area (Å²) in [5.41, 5.74) is -0.408. The van der Waals surface area contributed by atoms with Crippen molar-refractivity contribution in [2.24, 2.45) is 0 Å². The highest BCUT2D eigenvalue weighted by Gasteiger charge is 2.38. The number of alkyl halides is 4. The lowest BCUT2D eigenvalue weighted by Gasteiger charge is -2.15. The molecular formula is C10H6BrF4NO. The van der Waals surface area contributed by atoms with Gasteiger partial charge in [-0.25, -0.2) is 4.39 Å². The van der Waals surface area contributed by atoms with Crippen LogP contribution in [-0.2, 0) is 0 Å². The molecule has 0 aliphatic heterocycles. The molecule has 0 aromatic heterocycles. The van der Waals surface area contributed by atoms with E-state index in [2.05, 4.69) is 15.9 Å². The molecule has 92 valence electrons. The molecule has 0 saturated heterocycles. The smallest absolute Gasteiger partial charge is 0.404 e. The van der Waals surface area contributed by atoms with E-state index < -0.39 is 29.0 Å². The normalized spacial score (nSPS) is 12.9. The molecule has 1 rings (SSSR count). The maximum absolute atomic E-state index is 13.1. The van der Waals surface area contributed by atoms with Crippen LogP contribution in [0.5, 0.6) is 5.75 Å². The van der Waals surface area contributed by atoms with Gasteiger partial charge in [-0.05, 0) is 12.1 Å². The van der Waals surface area contributed by atoms with Crippen molar-refractivity contribution in [1.29, 1.82) is 5.26 Å². The van der Waals surface area contributed by atoms with Crippen LogP contribution in [0.2, 0.25) is 0 Å². The molecule has 0 amide bonds. The Morgan fingerprint density at radius 3 is 2.59 bits per heavy atom. The molecule has 17 heavy (non-hydrogen) atoms. The number of ether oxygens (including phenoxy) is 1. The molecule has 0 heterocycles. The third kappa shape index (κ3) is 3.60. The molecule has 0 fully saturated rings. The van der Waals surface area contributed by atoms with Crippen molar-refractivity contribution in [1.82, 2.24) is 0 Å². The molecule has 7 heteroatoms. The SMILES string of the molecule is N#Cc1c(F)cccc1OCC(Br)C(F)(F)F. The average molecular weight is 312 g/mol. The Balaban J connectivity index is 2.78. The first-order chi connectivity index (χ1) is 7.86. The molecule has 1 aromatic rings. The summed E-state index contributed by atoms with van der Waals surface area (Å²) in [5, 5.41) is 8.62. The summed E-state index contributed by atoms with van der Waals surface area (Å²) in [6, 6.07) is 5.04. The third-order valence-electron chi connectivity index (χ3n) is 1.83. The van der Waals surface area contributed by atoms with Gasteiger partial charge in [-0.3, -0.25) is 0 Å². The zero-order valence-corrected chi connectivity index (χ0v) is 9.85. The number of hydrogen-bond acceptors (Lipinski definition) is 2. The van der Waals surface area contributed by atoms with E-state index in [1.54, 1.807) is 0 Å². The van der Waals surface area contributed by atoms with Crippen molar-refractivity contribution >= 4 is 15.9 Å². The first kappa shape index (κ1) is 13.8. The second kappa shape index (κ2) is 5.36. The first-order valence-electron chi connectivity index (χ1n) is 4.38. The fraction of sp³-hybridized carbons (Fsp3) is 0.300. The van der Waals surface area contributed by atoms with Crippen molar-refractivity contribution in [2.75, 3.05) is 6.61 Å². The molecule has 0 saturated carbocycles. The Labute approximate surface area is 103 Å². The molecule has 1 atom stereocenters. The molecule has 0 bridgehead atoms. The van der Waals surface area contributed by atoms with Crippen LogP contribution in [-0.4, -0.2) is 17.6 Å². The predicted octanol–water partition coefficient (Wildman–Crippen LogP) is 3.40. The third-order valence-corrected chi connectivity index (χ3v) is 2.61.